The van der Waals surface area contributed by atoms with Crippen LogP contribution in [0.15, 0.2) is 6.07 Å². The highest BCUT2D eigenvalue weighted by molar-refractivity contribution is 5.88. The number of ether oxygens (including phenoxy) is 1. The summed E-state index contributed by atoms with van der Waals surface area (Å²) >= 11 is 0. The Morgan fingerprint density at radius 3 is 2.60 bits per heavy atom. The molecule has 0 spiro atoms. The van der Waals surface area contributed by atoms with E-state index in [1.807, 2.05) is 13.8 Å². The maximum absolute atomic E-state index is 14.1. The van der Waals surface area contributed by atoms with Gasteiger partial charge in [-0.05, 0) is 13.8 Å². The highest BCUT2D eigenvalue weighted by Gasteiger charge is 2.34. The molecule has 0 bridgehead atoms. The van der Waals surface area contributed by atoms with Crippen molar-refractivity contribution in [2.24, 2.45) is 0 Å². The number of phenolic OH excluding ortho intramolecular Hbond substituents is 1. The quantitative estimate of drug-likeness (QED) is 0.768. The normalized spacial score (nSPS) is 16.5. The molecule has 2 aromatic rings. The van der Waals surface area contributed by atoms with E-state index in [2.05, 4.69) is 4.98 Å². The zero-order valence-electron chi connectivity index (χ0n) is 12.1. The Morgan fingerprint density at radius 2 is 1.95 bits per heavy atom. The molecule has 0 atom stereocenters. The van der Waals surface area contributed by atoms with Crippen molar-refractivity contribution >= 4 is 10.9 Å². The smallest absolute Gasteiger partial charge is 0.174 e. The number of aromatic hydroxyl groups is 1. The minimum absolute atomic E-state index is 0.0900. The summed E-state index contributed by atoms with van der Waals surface area (Å²) in [6.07, 6.45) is 0.576. The summed E-state index contributed by atoms with van der Waals surface area (Å²) in [5.74, 6) is -2.14. The van der Waals surface area contributed by atoms with Crippen molar-refractivity contribution in [3.05, 3.63) is 29.0 Å². The SMILES string of the molecule is CC.CC1(C)OCCc2[nH]c3c(F)cc(O)c(F)c3c21. The Morgan fingerprint density at radius 1 is 1.30 bits per heavy atom. The van der Waals surface area contributed by atoms with Crippen LogP contribution in [0.4, 0.5) is 8.78 Å². The Bertz CT molecular complexity index is 647. The number of hydrogen-bond donors (Lipinski definition) is 2. The average molecular weight is 283 g/mol. The predicted octanol–water partition coefficient (Wildman–Crippen LogP) is 3.99. The second-order valence-corrected chi connectivity index (χ2v) is 5.03. The highest BCUT2D eigenvalue weighted by atomic mass is 19.1. The molecule has 2 N–H and O–H groups in total. The van der Waals surface area contributed by atoms with Crippen LogP contribution in [0.1, 0.15) is 39.0 Å². The maximum Gasteiger partial charge on any atom is 0.174 e. The van der Waals surface area contributed by atoms with Crippen LogP contribution in [0.5, 0.6) is 5.75 Å². The lowest BCUT2D eigenvalue weighted by molar-refractivity contribution is -0.0307. The zero-order chi connectivity index (χ0) is 15.1. The Hall–Kier alpha value is -1.62. The topological polar surface area (TPSA) is 45.2 Å². The van der Waals surface area contributed by atoms with E-state index in [1.54, 1.807) is 13.8 Å². The number of rotatable bonds is 0. The molecule has 5 heteroatoms. The number of hydrogen-bond acceptors (Lipinski definition) is 2. The number of benzene rings is 1. The standard InChI is InChI=1S/C13H13F2NO2.C2H6/c1-13(2)10-7(3-4-18-13)16-12-6(14)5-8(17)11(15)9(10)12;1-2/h5,16-17H,3-4H2,1-2H3;1-2H3. The van der Waals surface area contributed by atoms with Gasteiger partial charge >= 0.3 is 0 Å². The molecule has 0 saturated carbocycles. The van der Waals surface area contributed by atoms with Crippen molar-refractivity contribution in [2.75, 3.05) is 6.61 Å². The van der Waals surface area contributed by atoms with Gasteiger partial charge in [0, 0.05) is 29.1 Å². The lowest BCUT2D eigenvalue weighted by Gasteiger charge is -2.30. The molecule has 1 aromatic heterocycles. The minimum atomic E-state index is -0.803. The summed E-state index contributed by atoms with van der Waals surface area (Å²) in [5, 5.41) is 9.51. The Balaban J connectivity index is 0.000000704. The molecular formula is C15H19F2NO2. The molecule has 0 radical (unpaired) electrons. The number of aromatic amines is 1. The molecule has 0 unspecified atom stereocenters. The molecule has 2 heterocycles. The lowest BCUT2D eigenvalue weighted by Crippen LogP contribution is -2.28. The minimum Gasteiger partial charge on any atom is -0.505 e. The number of phenols is 1. The molecule has 110 valence electrons. The lowest BCUT2D eigenvalue weighted by atomic mass is 9.91. The van der Waals surface area contributed by atoms with Gasteiger partial charge in [0.25, 0.3) is 0 Å². The van der Waals surface area contributed by atoms with E-state index in [0.717, 1.165) is 11.8 Å². The van der Waals surface area contributed by atoms with E-state index in [0.29, 0.717) is 18.6 Å². The number of halogens is 2. The van der Waals surface area contributed by atoms with E-state index >= 15 is 0 Å². The largest absolute Gasteiger partial charge is 0.505 e. The van der Waals surface area contributed by atoms with Crippen molar-refractivity contribution < 1.29 is 18.6 Å². The summed E-state index contributed by atoms with van der Waals surface area (Å²) in [7, 11) is 0. The van der Waals surface area contributed by atoms with Crippen LogP contribution >= 0.6 is 0 Å². The second-order valence-electron chi connectivity index (χ2n) is 5.03. The Kier molecular flexibility index (Phi) is 3.73. The summed E-state index contributed by atoms with van der Waals surface area (Å²) in [6.45, 7) is 8.11. The van der Waals surface area contributed by atoms with Crippen LogP contribution in [0.2, 0.25) is 0 Å². The van der Waals surface area contributed by atoms with Crippen molar-refractivity contribution in [1.82, 2.24) is 4.98 Å². The fourth-order valence-corrected chi connectivity index (χ4v) is 2.67. The van der Waals surface area contributed by atoms with Gasteiger partial charge in [0.1, 0.15) is 0 Å². The molecule has 1 aliphatic heterocycles. The van der Waals surface area contributed by atoms with Crippen LogP contribution in [0.3, 0.4) is 0 Å². The molecule has 0 fully saturated rings. The monoisotopic (exact) mass is 283 g/mol. The molecule has 0 saturated heterocycles. The van der Waals surface area contributed by atoms with Crippen molar-refractivity contribution in [2.45, 2.75) is 39.7 Å². The van der Waals surface area contributed by atoms with Crippen LogP contribution in [-0.2, 0) is 16.8 Å². The van der Waals surface area contributed by atoms with Crippen LogP contribution in [0, 0.1) is 11.6 Å². The molecule has 0 aliphatic carbocycles. The maximum atomic E-state index is 14.1. The molecular weight excluding hydrogens is 264 g/mol. The van der Waals surface area contributed by atoms with Gasteiger partial charge in [-0.25, -0.2) is 8.78 Å². The molecule has 0 amide bonds. The van der Waals surface area contributed by atoms with Gasteiger partial charge < -0.3 is 14.8 Å². The van der Waals surface area contributed by atoms with E-state index in [4.69, 9.17) is 4.74 Å². The third-order valence-corrected chi connectivity index (χ3v) is 3.44. The van der Waals surface area contributed by atoms with Gasteiger partial charge in [0.2, 0.25) is 0 Å². The first-order valence-corrected chi connectivity index (χ1v) is 6.78. The number of fused-ring (bicyclic) bond motifs is 3. The zero-order valence-corrected chi connectivity index (χ0v) is 12.1. The van der Waals surface area contributed by atoms with Crippen LogP contribution < -0.4 is 0 Å². The van der Waals surface area contributed by atoms with Gasteiger partial charge in [-0.3, -0.25) is 0 Å². The fraction of sp³-hybridized carbons (Fsp3) is 0.467. The summed E-state index contributed by atoms with van der Waals surface area (Å²) < 4.78 is 33.4. The average Bonchev–Trinajstić information content (AvgIpc) is 2.80. The Labute approximate surface area is 116 Å². The van der Waals surface area contributed by atoms with Crippen molar-refractivity contribution in [3.63, 3.8) is 0 Å². The summed E-state index contributed by atoms with van der Waals surface area (Å²) in [4.78, 5) is 2.90. The number of H-pyrrole nitrogens is 1. The molecule has 20 heavy (non-hydrogen) atoms. The first-order chi connectivity index (χ1) is 9.42. The number of nitrogens with one attached hydrogen (secondary N) is 1. The molecule has 1 aromatic carbocycles. The highest BCUT2D eigenvalue weighted by Crippen LogP contribution is 2.41. The summed E-state index contributed by atoms with van der Waals surface area (Å²) in [5.41, 5.74) is 0.752. The summed E-state index contributed by atoms with van der Waals surface area (Å²) in [6, 6.07) is 0.785. The fourth-order valence-electron chi connectivity index (χ4n) is 2.67. The first kappa shape index (κ1) is 14.8. The molecule has 1 aliphatic rings. The molecule has 3 rings (SSSR count). The van der Waals surface area contributed by atoms with E-state index < -0.39 is 23.0 Å². The molecule has 3 nitrogen and oxygen atoms in total. The van der Waals surface area contributed by atoms with Crippen LogP contribution in [-0.4, -0.2) is 16.7 Å². The second kappa shape index (κ2) is 5.05. The van der Waals surface area contributed by atoms with E-state index in [9.17, 15) is 13.9 Å². The van der Waals surface area contributed by atoms with Gasteiger partial charge in [-0.1, -0.05) is 13.8 Å². The van der Waals surface area contributed by atoms with E-state index in [1.165, 1.54) is 0 Å². The van der Waals surface area contributed by atoms with Gasteiger partial charge in [-0.2, -0.15) is 0 Å². The third-order valence-electron chi connectivity index (χ3n) is 3.44. The van der Waals surface area contributed by atoms with Crippen LogP contribution in [0.25, 0.3) is 10.9 Å². The van der Waals surface area contributed by atoms with E-state index in [-0.39, 0.29) is 10.9 Å². The van der Waals surface area contributed by atoms with Crippen molar-refractivity contribution in [1.29, 1.82) is 0 Å². The first-order valence-electron chi connectivity index (χ1n) is 6.78. The predicted molar refractivity (Wildman–Crippen MR) is 73.9 cm³/mol. The van der Waals surface area contributed by atoms with Crippen molar-refractivity contribution in [3.8, 4) is 5.75 Å². The third kappa shape index (κ3) is 2.06. The van der Waals surface area contributed by atoms with Gasteiger partial charge in [0.15, 0.2) is 17.4 Å². The number of aromatic nitrogens is 1. The van der Waals surface area contributed by atoms with Gasteiger partial charge in [0.05, 0.1) is 17.7 Å². The van der Waals surface area contributed by atoms with Gasteiger partial charge in [-0.15, -0.1) is 0 Å².